The van der Waals surface area contributed by atoms with Gasteiger partial charge in [0, 0.05) is 18.9 Å². The lowest BCUT2D eigenvalue weighted by Gasteiger charge is -2.53. The van der Waals surface area contributed by atoms with Crippen molar-refractivity contribution in [3.63, 3.8) is 0 Å². The Balaban J connectivity index is 2.45. The average Bonchev–Trinajstić information content (AvgIpc) is 2.38. The molecule has 0 aromatic heterocycles. The lowest BCUT2D eigenvalue weighted by Crippen LogP contribution is -2.59. The molecule has 1 N–H and O–H groups in total. The number of rotatable bonds is 3. The van der Waals surface area contributed by atoms with Gasteiger partial charge < -0.3 is 14.6 Å². The highest BCUT2D eigenvalue weighted by atomic mass is 16.6. The zero-order chi connectivity index (χ0) is 16.7. The number of hydrogen-bond acceptors (Lipinski definition) is 5. The van der Waals surface area contributed by atoms with Crippen molar-refractivity contribution in [1.82, 2.24) is 0 Å². The molecular formula is C17H26O5. The monoisotopic (exact) mass is 310 g/mol. The molecule has 5 nitrogen and oxygen atoms in total. The lowest BCUT2D eigenvalue weighted by atomic mass is 9.63. The second-order valence-electron chi connectivity index (χ2n) is 7.23. The molecule has 0 amide bonds. The normalized spacial score (nSPS) is 35.8. The number of carbonyl (C=O) groups is 2. The number of aliphatic hydroxyl groups is 1. The molecule has 0 unspecified atom stereocenters. The Morgan fingerprint density at radius 2 is 2.14 bits per heavy atom. The van der Waals surface area contributed by atoms with Gasteiger partial charge in [-0.25, -0.2) is 0 Å². The van der Waals surface area contributed by atoms with Gasteiger partial charge in [0.05, 0.1) is 23.2 Å². The number of ether oxygens (including phenoxy) is 2. The molecule has 0 aromatic rings. The Hall–Kier alpha value is -1.20. The third-order valence-corrected chi connectivity index (χ3v) is 5.13. The largest absolute Gasteiger partial charge is 0.461 e. The zero-order valence-corrected chi connectivity index (χ0v) is 14.0. The first-order valence-corrected chi connectivity index (χ1v) is 7.81. The average molecular weight is 310 g/mol. The van der Waals surface area contributed by atoms with Gasteiger partial charge in [-0.05, 0) is 40.5 Å². The minimum atomic E-state index is -1.03. The van der Waals surface area contributed by atoms with Gasteiger partial charge in [-0.2, -0.15) is 0 Å². The van der Waals surface area contributed by atoms with E-state index in [0.717, 1.165) is 24.7 Å². The summed E-state index contributed by atoms with van der Waals surface area (Å²) in [5.74, 6) is -0.380. The SMILES string of the molecule is CC(=O)O[C@@H]1C[C@H](C(C)(C)O)O[C@@H]2CCC(C)=C(C=O)[C@@]12C. The smallest absolute Gasteiger partial charge is 0.302 e. The second kappa shape index (κ2) is 5.78. The number of fused-ring (bicyclic) bond motifs is 1. The fourth-order valence-electron chi connectivity index (χ4n) is 3.75. The van der Waals surface area contributed by atoms with Gasteiger partial charge in [-0.3, -0.25) is 9.59 Å². The van der Waals surface area contributed by atoms with Crippen LogP contribution in [0.25, 0.3) is 0 Å². The van der Waals surface area contributed by atoms with Gasteiger partial charge in [-0.15, -0.1) is 0 Å². The van der Waals surface area contributed by atoms with Gasteiger partial charge >= 0.3 is 5.97 Å². The van der Waals surface area contributed by atoms with Crippen LogP contribution in [0.1, 0.15) is 53.9 Å². The zero-order valence-electron chi connectivity index (χ0n) is 14.0. The van der Waals surface area contributed by atoms with Crippen LogP contribution >= 0.6 is 0 Å². The maximum atomic E-state index is 11.6. The van der Waals surface area contributed by atoms with E-state index in [9.17, 15) is 14.7 Å². The fourth-order valence-corrected chi connectivity index (χ4v) is 3.75. The van der Waals surface area contributed by atoms with E-state index >= 15 is 0 Å². The number of carbonyl (C=O) groups excluding carboxylic acids is 2. The van der Waals surface area contributed by atoms with Crippen LogP contribution in [0, 0.1) is 5.41 Å². The minimum Gasteiger partial charge on any atom is -0.461 e. The molecule has 2 aliphatic rings. The van der Waals surface area contributed by atoms with Crippen molar-refractivity contribution in [2.45, 2.75) is 77.8 Å². The van der Waals surface area contributed by atoms with E-state index in [2.05, 4.69) is 0 Å². The fraction of sp³-hybridized carbons (Fsp3) is 0.765. The second-order valence-corrected chi connectivity index (χ2v) is 7.23. The summed E-state index contributed by atoms with van der Waals surface area (Å²) in [6.45, 7) is 8.62. The van der Waals surface area contributed by atoms with Crippen LogP contribution < -0.4 is 0 Å². The highest BCUT2D eigenvalue weighted by molar-refractivity contribution is 5.78. The van der Waals surface area contributed by atoms with E-state index in [-0.39, 0.29) is 12.1 Å². The first kappa shape index (κ1) is 17.2. The molecule has 5 heteroatoms. The third kappa shape index (κ3) is 2.84. The highest BCUT2D eigenvalue weighted by Crippen LogP contribution is 2.50. The molecule has 22 heavy (non-hydrogen) atoms. The topological polar surface area (TPSA) is 72.8 Å². The van der Waals surface area contributed by atoms with Gasteiger partial charge in [-0.1, -0.05) is 5.57 Å². The Kier molecular flexibility index (Phi) is 4.51. The molecule has 0 bridgehead atoms. The molecule has 0 spiro atoms. The van der Waals surface area contributed by atoms with E-state index in [1.807, 2.05) is 13.8 Å². The van der Waals surface area contributed by atoms with Crippen LogP contribution in [0.4, 0.5) is 0 Å². The van der Waals surface area contributed by atoms with E-state index < -0.39 is 23.2 Å². The summed E-state index contributed by atoms with van der Waals surface area (Å²) >= 11 is 0. The van der Waals surface area contributed by atoms with Crippen LogP contribution in [0.2, 0.25) is 0 Å². The summed E-state index contributed by atoms with van der Waals surface area (Å²) in [5.41, 5.74) is 0.00909. The first-order chi connectivity index (χ1) is 10.1. The van der Waals surface area contributed by atoms with Gasteiger partial charge in [0.15, 0.2) is 0 Å². The Bertz CT molecular complexity index is 502. The molecule has 1 saturated heterocycles. The van der Waals surface area contributed by atoms with Crippen molar-refractivity contribution < 1.29 is 24.2 Å². The summed E-state index contributed by atoms with van der Waals surface area (Å²) in [6.07, 6.45) is 1.62. The van der Waals surface area contributed by atoms with E-state index in [1.165, 1.54) is 6.92 Å². The van der Waals surface area contributed by atoms with Gasteiger partial charge in [0.1, 0.15) is 12.4 Å². The van der Waals surface area contributed by atoms with E-state index in [1.54, 1.807) is 13.8 Å². The predicted molar refractivity (Wildman–Crippen MR) is 81.2 cm³/mol. The maximum absolute atomic E-state index is 11.6. The maximum Gasteiger partial charge on any atom is 0.302 e. The molecule has 1 fully saturated rings. The Morgan fingerprint density at radius 1 is 1.50 bits per heavy atom. The molecule has 1 aliphatic carbocycles. The molecule has 1 aliphatic heterocycles. The van der Waals surface area contributed by atoms with E-state index in [0.29, 0.717) is 12.0 Å². The van der Waals surface area contributed by atoms with Crippen molar-refractivity contribution in [1.29, 1.82) is 0 Å². The van der Waals surface area contributed by atoms with Crippen molar-refractivity contribution in [3.05, 3.63) is 11.1 Å². The number of esters is 1. The predicted octanol–water partition coefficient (Wildman–Crippen LogP) is 2.16. The molecule has 0 aromatic carbocycles. The number of aldehydes is 1. The number of hydrogen-bond donors (Lipinski definition) is 1. The molecule has 4 atom stereocenters. The summed E-state index contributed by atoms with van der Waals surface area (Å²) in [6, 6.07) is 0. The first-order valence-electron chi connectivity index (χ1n) is 7.81. The van der Waals surface area contributed by atoms with Crippen molar-refractivity contribution in [2.75, 3.05) is 0 Å². The van der Waals surface area contributed by atoms with Crippen LogP contribution in [0.3, 0.4) is 0 Å². The van der Waals surface area contributed by atoms with Gasteiger partial charge in [0.25, 0.3) is 0 Å². The summed E-state index contributed by atoms with van der Waals surface area (Å²) in [5, 5.41) is 10.3. The molecule has 1 heterocycles. The number of allylic oxidation sites excluding steroid dienone is 1. The standard InChI is InChI=1S/C17H26O5/c1-10-6-7-13-17(5,12(10)9-18)15(21-11(2)19)8-14(22-13)16(3,4)20/h9,13-15,20H,6-8H2,1-5H3/t13-,14-,15-,17-/m1/s1. The minimum absolute atomic E-state index is 0.245. The molecule has 0 radical (unpaired) electrons. The molecule has 124 valence electrons. The van der Waals surface area contributed by atoms with Crippen LogP contribution in [0.5, 0.6) is 0 Å². The molecule has 0 saturated carbocycles. The Labute approximate surface area is 131 Å². The summed E-state index contributed by atoms with van der Waals surface area (Å²) in [7, 11) is 0. The summed E-state index contributed by atoms with van der Waals surface area (Å²) < 4.78 is 11.7. The van der Waals surface area contributed by atoms with Crippen LogP contribution in [-0.4, -0.2) is 41.3 Å². The van der Waals surface area contributed by atoms with Crippen LogP contribution in [-0.2, 0) is 19.1 Å². The van der Waals surface area contributed by atoms with Crippen molar-refractivity contribution >= 4 is 12.3 Å². The van der Waals surface area contributed by atoms with Crippen molar-refractivity contribution in [3.8, 4) is 0 Å². The quantitative estimate of drug-likeness (QED) is 0.639. The van der Waals surface area contributed by atoms with Gasteiger partial charge in [0.2, 0.25) is 0 Å². The third-order valence-electron chi connectivity index (χ3n) is 5.13. The Morgan fingerprint density at radius 3 is 2.64 bits per heavy atom. The van der Waals surface area contributed by atoms with Crippen molar-refractivity contribution in [2.24, 2.45) is 5.41 Å². The summed E-state index contributed by atoms with van der Waals surface area (Å²) in [4.78, 5) is 23.2. The highest BCUT2D eigenvalue weighted by Gasteiger charge is 2.55. The van der Waals surface area contributed by atoms with Crippen LogP contribution in [0.15, 0.2) is 11.1 Å². The molecule has 2 rings (SSSR count). The van der Waals surface area contributed by atoms with E-state index in [4.69, 9.17) is 9.47 Å². The lowest BCUT2D eigenvalue weighted by molar-refractivity contribution is -0.224. The molecular weight excluding hydrogens is 284 g/mol.